The lowest BCUT2D eigenvalue weighted by Crippen LogP contribution is -2.30. The van der Waals surface area contributed by atoms with Crippen LogP contribution >= 0.6 is 7.60 Å². The van der Waals surface area contributed by atoms with E-state index in [2.05, 4.69) is 4.98 Å². The number of aryl methyl sites for hydroxylation is 1. The maximum atomic E-state index is 13.0. The first kappa shape index (κ1) is 15.8. The fourth-order valence-electron chi connectivity index (χ4n) is 2.06. The minimum absolute atomic E-state index is 0.0215. The molecule has 6 nitrogen and oxygen atoms in total. The van der Waals surface area contributed by atoms with Gasteiger partial charge in [-0.3, -0.25) is 9.36 Å². The molecule has 0 radical (unpaired) electrons. The molecule has 7 heteroatoms. The zero-order valence-corrected chi connectivity index (χ0v) is 13.1. The van der Waals surface area contributed by atoms with Gasteiger partial charge in [-0.25, -0.2) is 0 Å². The molecule has 0 saturated heterocycles. The van der Waals surface area contributed by atoms with Gasteiger partial charge in [-0.15, -0.1) is 0 Å². The van der Waals surface area contributed by atoms with Gasteiger partial charge in [0.05, 0.1) is 19.5 Å². The van der Waals surface area contributed by atoms with E-state index in [1.807, 2.05) is 0 Å². The van der Waals surface area contributed by atoms with E-state index in [1.54, 1.807) is 32.9 Å². The van der Waals surface area contributed by atoms with E-state index in [-0.39, 0.29) is 18.5 Å². The number of rotatable bonds is 6. The molecule has 0 aromatic carbocycles. The maximum absolute atomic E-state index is 13.0. The number of nitrogens with one attached hydrogen (secondary N) is 1. The number of hydrogen-bond acceptors (Lipinski definition) is 5. The number of furan rings is 1. The maximum Gasteiger partial charge on any atom is 0.367 e. The fourth-order valence-corrected chi connectivity index (χ4v) is 3.84. The van der Waals surface area contributed by atoms with Crippen molar-refractivity contribution in [2.75, 3.05) is 13.2 Å². The number of aromatic nitrogens is 1. The molecule has 2 rings (SSSR count). The van der Waals surface area contributed by atoms with Crippen LogP contribution in [0.5, 0.6) is 0 Å². The number of hydrogen-bond donors (Lipinski definition) is 1. The second-order valence-corrected chi connectivity index (χ2v) is 6.31. The van der Waals surface area contributed by atoms with Crippen LogP contribution in [0.25, 0.3) is 11.5 Å². The minimum Gasteiger partial charge on any atom is -0.463 e. The topological polar surface area (TPSA) is 81.5 Å². The van der Waals surface area contributed by atoms with Crippen molar-refractivity contribution in [3.8, 4) is 11.5 Å². The normalized spacial score (nSPS) is 11.8. The zero-order chi connectivity index (χ0) is 15.5. The highest BCUT2D eigenvalue weighted by Gasteiger charge is 2.34. The molecule has 21 heavy (non-hydrogen) atoms. The van der Waals surface area contributed by atoms with Crippen molar-refractivity contribution in [1.82, 2.24) is 4.98 Å². The van der Waals surface area contributed by atoms with Gasteiger partial charge in [0.15, 0.2) is 11.2 Å². The summed E-state index contributed by atoms with van der Waals surface area (Å²) >= 11 is 0. The summed E-state index contributed by atoms with van der Waals surface area (Å²) in [6.07, 6.45) is 1.48. The molecular weight excluding hydrogens is 293 g/mol. The van der Waals surface area contributed by atoms with Crippen molar-refractivity contribution < 1.29 is 18.0 Å². The lowest BCUT2D eigenvalue weighted by Gasteiger charge is -2.18. The molecule has 0 aliphatic carbocycles. The Morgan fingerprint density at radius 1 is 1.29 bits per heavy atom. The summed E-state index contributed by atoms with van der Waals surface area (Å²) in [6, 6.07) is 4.73. The van der Waals surface area contributed by atoms with Crippen LogP contribution in [0.2, 0.25) is 0 Å². The van der Waals surface area contributed by atoms with E-state index in [0.717, 1.165) is 0 Å². The molecule has 114 valence electrons. The van der Waals surface area contributed by atoms with E-state index in [1.165, 1.54) is 12.3 Å². The van der Waals surface area contributed by atoms with Crippen LogP contribution in [0.3, 0.4) is 0 Å². The van der Waals surface area contributed by atoms with Crippen molar-refractivity contribution in [2.45, 2.75) is 20.8 Å². The van der Waals surface area contributed by atoms with Gasteiger partial charge < -0.3 is 18.4 Å². The Morgan fingerprint density at radius 3 is 2.48 bits per heavy atom. The molecule has 0 aliphatic rings. The SMILES string of the molecule is CCOP(=O)(OCC)c1c(-c2ccco2)[nH]c(C)cc1=O. The highest BCUT2D eigenvalue weighted by Crippen LogP contribution is 2.47. The average Bonchev–Trinajstić information content (AvgIpc) is 2.91. The van der Waals surface area contributed by atoms with Gasteiger partial charge in [-0.1, -0.05) is 0 Å². The molecule has 2 aromatic heterocycles. The van der Waals surface area contributed by atoms with Gasteiger partial charge in [0.1, 0.15) is 11.0 Å². The van der Waals surface area contributed by atoms with Gasteiger partial charge in [0.25, 0.3) is 0 Å². The van der Waals surface area contributed by atoms with Crippen molar-refractivity contribution in [3.63, 3.8) is 0 Å². The average molecular weight is 311 g/mol. The summed E-state index contributed by atoms with van der Waals surface area (Å²) in [5.74, 6) is 0.408. The third kappa shape index (κ3) is 3.18. The first-order chi connectivity index (χ1) is 10.0. The molecule has 2 aromatic rings. The highest BCUT2D eigenvalue weighted by molar-refractivity contribution is 7.62. The molecule has 0 fully saturated rings. The fraction of sp³-hybridized carbons (Fsp3) is 0.357. The van der Waals surface area contributed by atoms with Gasteiger partial charge in [0, 0.05) is 11.8 Å². The minimum atomic E-state index is -3.71. The quantitative estimate of drug-likeness (QED) is 0.830. The Hall–Kier alpha value is -1.62. The summed E-state index contributed by atoms with van der Waals surface area (Å²) in [7, 11) is -3.71. The Bertz CT molecular complexity index is 695. The van der Waals surface area contributed by atoms with Gasteiger partial charge in [-0.05, 0) is 32.9 Å². The van der Waals surface area contributed by atoms with Crippen molar-refractivity contribution in [3.05, 3.63) is 40.4 Å². The first-order valence-corrected chi connectivity index (χ1v) is 8.23. The third-order valence-corrected chi connectivity index (χ3v) is 4.97. The molecular formula is C14H18NO5P. The molecule has 0 saturated carbocycles. The Labute approximate surface area is 122 Å². The molecule has 0 atom stereocenters. The highest BCUT2D eigenvalue weighted by atomic mass is 31.2. The smallest absolute Gasteiger partial charge is 0.367 e. The summed E-state index contributed by atoms with van der Waals surface area (Å²) in [4.78, 5) is 15.4. The van der Waals surface area contributed by atoms with Crippen LogP contribution in [0.15, 0.2) is 33.7 Å². The third-order valence-electron chi connectivity index (χ3n) is 2.78. The second-order valence-electron chi connectivity index (χ2n) is 4.35. The molecule has 0 spiro atoms. The lowest BCUT2D eigenvalue weighted by molar-refractivity contribution is 0.229. The molecule has 0 amide bonds. The molecule has 0 unspecified atom stereocenters. The van der Waals surface area contributed by atoms with Crippen LogP contribution < -0.4 is 10.7 Å². The van der Waals surface area contributed by atoms with E-state index in [0.29, 0.717) is 17.1 Å². The molecule has 2 heterocycles. The second kappa shape index (κ2) is 6.43. The monoisotopic (exact) mass is 311 g/mol. The van der Waals surface area contributed by atoms with E-state index < -0.39 is 13.0 Å². The van der Waals surface area contributed by atoms with Crippen LogP contribution in [-0.4, -0.2) is 18.2 Å². The summed E-state index contributed by atoms with van der Waals surface area (Å²) in [5.41, 5.74) is 0.563. The lowest BCUT2D eigenvalue weighted by atomic mass is 10.2. The number of pyridine rings is 1. The predicted octanol–water partition coefficient (Wildman–Crippen LogP) is 2.83. The van der Waals surface area contributed by atoms with Crippen LogP contribution in [-0.2, 0) is 13.6 Å². The van der Waals surface area contributed by atoms with E-state index in [9.17, 15) is 9.36 Å². The molecule has 0 bridgehead atoms. The van der Waals surface area contributed by atoms with Crippen molar-refractivity contribution >= 4 is 12.9 Å². The standard InChI is InChI=1S/C14H18NO5P/c1-4-19-21(17,20-5-2)14-11(16)9-10(3)15-13(14)12-7-6-8-18-12/h6-9H,4-5H2,1-3H3,(H,15,16). The van der Waals surface area contributed by atoms with Crippen molar-refractivity contribution in [1.29, 1.82) is 0 Å². The van der Waals surface area contributed by atoms with Crippen LogP contribution in [0, 0.1) is 6.92 Å². The van der Waals surface area contributed by atoms with Crippen molar-refractivity contribution in [2.24, 2.45) is 0 Å². The van der Waals surface area contributed by atoms with Gasteiger partial charge in [-0.2, -0.15) is 0 Å². The van der Waals surface area contributed by atoms with Crippen LogP contribution in [0.4, 0.5) is 0 Å². The van der Waals surface area contributed by atoms with Gasteiger partial charge >= 0.3 is 7.60 Å². The zero-order valence-electron chi connectivity index (χ0n) is 12.2. The Kier molecular flexibility index (Phi) is 4.83. The number of aromatic amines is 1. The largest absolute Gasteiger partial charge is 0.463 e. The first-order valence-electron chi connectivity index (χ1n) is 6.69. The summed E-state index contributed by atoms with van der Waals surface area (Å²) in [6.45, 7) is 5.47. The summed E-state index contributed by atoms with van der Waals surface area (Å²) < 4.78 is 28.9. The molecule has 0 aliphatic heterocycles. The Morgan fingerprint density at radius 2 is 1.95 bits per heavy atom. The van der Waals surface area contributed by atoms with E-state index in [4.69, 9.17) is 13.5 Å². The number of H-pyrrole nitrogens is 1. The summed E-state index contributed by atoms with van der Waals surface area (Å²) in [5, 5.41) is -0.0215. The van der Waals surface area contributed by atoms with E-state index >= 15 is 0 Å². The molecule has 1 N–H and O–H groups in total. The van der Waals surface area contributed by atoms with Crippen LogP contribution in [0.1, 0.15) is 19.5 Å². The Balaban J connectivity index is 2.72. The van der Waals surface area contributed by atoms with Gasteiger partial charge in [0.2, 0.25) is 0 Å². The predicted molar refractivity (Wildman–Crippen MR) is 80.0 cm³/mol.